The Morgan fingerprint density at radius 1 is 0.977 bits per heavy atom. The molecule has 0 saturated carbocycles. The second-order valence-electron chi connectivity index (χ2n) is 13.1. The lowest BCUT2D eigenvalue weighted by Gasteiger charge is -2.43. The molecule has 230 valence electrons. The Labute approximate surface area is 252 Å². The van der Waals surface area contributed by atoms with E-state index < -0.39 is 50.0 Å². The van der Waals surface area contributed by atoms with Crippen LogP contribution in [0.1, 0.15) is 52.8 Å². The summed E-state index contributed by atoms with van der Waals surface area (Å²) in [7, 11) is -2.81. The van der Waals surface area contributed by atoms with Crippen molar-refractivity contribution < 1.29 is 23.5 Å². The molecule has 4 heterocycles. The van der Waals surface area contributed by atoms with E-state index in [0.717, 1.165) is 0 Å². The third-order valence-electron chi connectivity index (χ3n) is 8.60. The van der Waals surface area contributed by atoms with Gasteiger partial charge in [0.05, 0.1) is 6.61 Å². The largest absolute Gasteiger partial charge is 0.405 e. The molecule has 1 unspecified atom stereocenters. The summed E-state index contributed by atoms with van der Waals surface area (Å²) in [5.74, 6) is -0.806. The fraction of sp³-hybridized carbons (Fsp3) is 0.500. The number of H-pyrrole nitrogens is 1. The van der Waals surface area contributed by atoms with E-state index in [-0.39, 0.29) is 11.1 Å². The van der Waals surface area contributed by atoms with E-state index in [4.69, 9.17) is 23.5 Å². The zero-order valence-electron chi connectivity index (χ0n) is 25.6. The van der Waals surface area contributed by atoms with Gasteiger partial charge in [-0.05, 0) is 36.2 Å². The van der Waals surface area contributed by atoms with Crippen LogP contribution in [0, 0.1) is 6.92 Å². The second kappa shape index (κ2) is 11.2. The first-order valence-corrected chi connectivity index (χ1v) is 16.8. The summed E-state index contributed by atoms with van der Waals surface area (Å²) in [5, 5.41) is 3.93. The molecule has 5 atom stereocenters. The fourth-order valence-electron chi connectivity index (χ4n) is 6.67. The van der Waals surface area contributed by atoms with Crippen LogP contribution in [-0.2, 0) is 23.5 Å². The smallest absolute Gasteiger partial charge is 0.330 e. The van der Waals surface area contributed by atoms with Crippen LogP contribution >= 0.6 is 0 Å². The van der Waals surface area contributed by atoms with Gasteiger partial charge in [-0.3, -0.25) is 19.2 Å². The Morgan fingerprint density at radius 3 is 2.19 bits per heavy atom. The summed E-state index contributed by atoms with van der Waals surface area (Å²) in [4.78, 5) is 33.0. The molecule has 3 fully saturated rings. The van der Waals surface area contributed by atoms with Crippen molar-refractivity contribution in [3.8, 4) is 0 Å². The fourth-order valence-corrected chi connectivity index (χ4v) is 11.2. The standard InChI is InChI=1S/C32H41N3O7Si/c1-21-19-34(30(37)33-28(21)36)25-17-18-35(42-25)29-27-26(40-32(5,6)41-27)24(39-29)20-38-43(31(2,3)4,22-13-9-7-10-14-22)23-15-11-8-12-16-23/h7-16,19,24-27,29H,17-18,20H2,1-6H3,(H,33,36,37)/t24?,25-,26+,27+,29+/m0/s1. The lowest BCUT2D eigenvalue weighted by atomic mass is 10.1. The molecule has 0 radical (unpaired) electrons. The zero-order chi connectivity index (χ0) is 30.6. The van der Waals surface area contributed by atoms with Crippen molar-refractivity contribution in [2.24, 2.45) is 0 Å². The highest BCUT2D eigenvalue weighted by Gasteiger charge is 2.59. The Hall–Kier alpha value is -2.90. The molecule has 3 aromatic rings. The van der Waals surface area contributed by atoms with Gasteiger partial charge in [0.2, 0.25) is 0 Å². The molecule has 3 aliphatic rings. The van der Waals surface area contributed by atoms with Gasteiger partial charge in [-0.2, -0.15) is 5.06 Å². The van der Waals surface area contributed by atoms with Gasteiger partial charge in [-0.25, -0.2) is 4.79 Å². The summed E-state index contributed by atoms with van der Waals surface area (Å²) in [6.07, 6.45) is -0.284. The first-order valence-electron chi connectivity index (χ1n) is 14.9. The van der Waals surface area contributed by atoms with Gasteiger partial charge >= 0.3 is 5.69 Å². The number of rotatable bonds is 7. The topological polar surface area (TPSA) is 104 Å². The number of hydrogen-bond acceptors (Lipinski definition) is 8. The molecule has 10 nitrogen and oxygen atoms in total. The van der Waals surface area contributed by atoms with Crippen LogP contribution in [0.15, 0.2) is 76.4 Å². The maximum Gasteiger partial charge on any atom is 0.330 e. The predicted molar refractivity (Wildman–Crippen MR) is 164 cm³/mol. The van der Waals surface area contributed by atoms with E-state index in [0.29, 0.717) is 25.1 Å². The summed E-state index contributed by atoms with van der Waals surface area (Å²) in [5.41, 5.74) is -0.472. The molecule has 11 heteroatoms. The summed E-state index contributed by atoms with van der Waals surface area (Å²) in [6.45, 7) is 13.0. The van der Waals surface area contributed by atoms with E-state index in [1.807, 2.05) is 26.0 Å². The molecule has 0 bridgehead atoms. The maximum atomic E-state index is 12.5. The number of fused-ring (bicyclic) bond motifs is 1. The zero-order valence-corrected chi connectivity index (χ0v) is 26.6. The summed E-state index contributed by atoms with van der Waals surface area (Å²) in [6, 6.07) is 21.0. The minimum atomic E-state index is -2.81. The van der Waals surface area contributed by atoms with E-state index >= 15 is 0 Å². The highest BCUT2D eigenvalue weighted by Crippen LogP contribution is 2.43. The van der Waals surface area contributed by atoms with Crippen LogP contribution in [0.5, 0.6) is 0 Å². The van der Waals surface area contributed by atoms with E-state index in [2.05, 4.69) is 74.3 Å². The number of benzene rings is 2. The van der Waals surface area contributed by atoms with Gasteiger partial charge in [0.15, 0.2) is 18.2 Å². The molecule has 0 aliphatic carbocycles. The number of nitrogens with zero attached hydrogens (tertiary/aromatic N) is 2. The average molecular weight is 608 g/mol. The highest BCUT2D eigenvalue weighted by atomic mass is 28.4. The Morgan fingerprint density at radius 2 is 1.58 bits per heavy atom. The van der Waals surface area contributed by atoms with Crippen molar-refractivity contribution in [2.75, 3.05) is 13.2 Å². The molecule has 6 rings (SSSR count). The minimum Gasteiger partial charge on any atom is -0.405 e. The molecule has 3 aliphatic heterocycles. The molecule has 3 saturated heterocycles. The van der Waals surface area contributed by atoms with Gasteiger partial charge in [0.25, 0.3) is 13.9 Å². The summed E-state index contributed by atoms with van der Waals surface area (Å²) >= 11 is 0. The van der Waals surface area contributed by atoms with E-state index in [1.165, 1.54) is 21.1 Å². The lowest BCUT2D eigenvalue weighted by Crippen LogP contribution is -2.67. The van der Waals surface area contributed by atoms with Gasteiger partial charge in [-0.1, -0.05) is 81.4 Å². The third kappa shape index (κ3) is 5.48. The number of aromatic amines is 1. The predicted octanol–water partition coefficient (Wildman–Crippen LogP) is 2.80. The normalized spacial score (nSPS) is 27.4. The maximum absolute atomic E-state index is 12.5. The van der Waals surface area contributed by atoms with Crippen LogP contribution in [0.2, 0.25) is 5.04 Å². The third-order valence-corrected chi connectivity index (χ3v) is 13.6. The Bertz CT molecular complexity index is 1510. The molecule has 43 heavy (non-hydrogen) atoms. The number of hydrogen-bond donors (Lipinski definition) is 1. The van der Waals surface area contributed by atoms with Gasteiger partial charge in [0, 0.05) is 24.7 Å². The van der Waals surface area contributed by atoms with E-state index in [9.17, 15) is 9.59 Å². The Kier molecular flexibility index (Phi) is 7.87. The number of aromatic nitrogens is 2. The number of nitrogens with one attached hydrogen (secondary N) is 1. The monoisotopic (exact) mass is 607 g/mol. The van der Waals surface area contributed by atoms with Crippen molar-refractivity contribution in [1.29, 1.82) is 0 Å². The van der Waals surface area contributed by atoms with Crippen LogP contribution in [0.3, 0.4) is 0 Å². The van der Waals surface area contributed by atoms with Gasteiger partial charge in [-0.15, -0.1) is 0 Å². The molecular weight excluding hydrogens is 566 g/mol. The van der Waals surface area contributed by atoms with Crippen molar-refractivity contribution in [3.05, 3.63) is 93.3 Å². The quantitative estimate of drug-likeness (QED) is 0.409. The van der Waals surface area contributed by atoms with Crippen LogP contribution in [0.4, 0.5) is 0 Å². The van der Waals surface area contributed by atoms with Crippen LogP contribution < -0.4 is 21.6 Å². The molecule has 0 amide bonds. The lowest BCUT2D eigenvalue weighted by molar-refractivity contribution is -0.284. The van der Waals surface area contributed by atoms with Crippen LogP contribution in [-0.4, -0.2) is 66.4 Å². The first-order chi connectivity index (χ1) is 20.4. The average Bonchev–Trinajstić information content (AvgIpc) is 3.65. The van der Waals surface area contributed by atoms with Crippen molar-refractivity contribution in [1.82, 2.24) is 14.6 Å². The van der Waals surface area contributed by atoms with Crippen molar-refractivity contribution in [2.45, 2.75) is 89.6 Å². The number of ether oxygens (including phenoxy) is 3. The Balaban J connectivity index is 1.28. The first kappa shape index (κ1) is 30.1. The minimum absolute atomic E-state index is 0.188. The highest BCUT2D eigenvalue weighted by molar-refractivity contribution is 6.99. The number of aryl methyl sites for hydroxylation is 1. The molecule has 2 aromatic carbocycles. The van der Waals surface area contributed by atoms with Crippen LogP contribution in [0.25, 0.3) is 0 Å². The van der Waals surface area contributed by atoms with Gasteiger partial charge in [0.1, 0.15) is 18.3 Å². The summed E-state index contributed by atoms with van der Waals surface area (Å²) < 4.78 is 28.0. The molecular formula is C32H41N3O7Si. The second-order valence-corrected chi connectivity index (χ2v) is 17.4. The number of hydroxylamine groups is 2. The van der Waals surface area contributed by atoms with Crippen molar-refractivity contribution >= 4 is 18.7 Å². The molecule has 1 aromatic heterocycles. The molecule has 0 spiro atoms. The molecule has 1 N–H and O–H groups in total. The SMILES string of the molecule is Cc1cn([C@@H]2CCN([C@@H]3OC(CO[Si](c4ccccc4)(c4ccccc4)C(C)(C)C)[C@H]4OC(C)(C)O[C@H]43)O2)c(=O)[nH]c1=O. The van der Waals surface area contributed by atoms with E-state index in [1.54, 1.807) is 12.0 Å². The van der Waals surface area contributed by atoms with Gasteiger partial charge < -0.3 is 18.6 Å². The van der Waals surface area contributed by atoms with Crippen molar-refractivity contribution in [3.63, 3.8) is 0 Å².